The second-order valence-corrected chi connectivity index (χ2v) is 7.80. The van der Waals surface area contributed by atoms with Crippen LogP contribution in [0.5, 0.6) is 0 Å². The van der Waals surface area contributed by atoms with Gasteiger partial charge in [0, 0.05) is 36.3 Å². The molecule has 0 aromatic heterocycles. The predicted molar refractivity (Wildman–Crippen MR) is 112 cm³/mol. The molecule has 1 saturated heterocycles. The highest BCUT2D eigenvalue weighted by Crippen LogP contribution is 2.40. The molecule has 1 saturated carbocycles. The number of hydrogen-bond donors (Lipinski definition) is 2. The molecule has 2 N–H and O–H groups in total. The fraction of sp³-hybridized carbons (Fsp3) is 0.391. The summed E-state index contributed by atoms with van der Waals surface area (Å²) in [5.41, 5.74) is 3.45. The van der Waals surface area contributed by atoms with Crippen LogP contribution in [-0.4, -0.2) is 55.6 Å². The number of benzene rings is 2. The maximum atomic E-state index is 12.7. The van der Waals surface area contributed by atoms with Crippen molar-refractivity contribution in [3.63, 3.8) is 0 Å². The van der Waals surface area contributed by atoms with Crippen molar-refractivity contribution in [2.24, 2.45) is 0 Å². The van der Waals surface area contributed by atoms with Crippen molar-refractivity contribution in [1.29, 1.82) is 0 Å². The minimum atomic E-state index is -0.0999. The van der Waals surface area contributed by atoms with Gasteiger partial charge < -0.3 is 15.4 Å². The monoisotopic (exact) mass is 393 g/mol. The summed E-state index contributed by atoms with van der Waals surface area (Å²) in [5.74, 6) is 0.217. The SMILES string of the molecule is Cc1ccc(C(=O)N[C@@H]2C[C@H]2c2ccccc2)cc1NC(=O)CN1CCOCC1. The van der Waals surface area contributed by atoms with Crippen LogP contribution < -0.4 is 10.6 Å². The van der Waals surface area contributed by atoms with E-state index in [1.807, 2.05) is 37.3 Å². The molecule has 0 radical (unpaired) electrons. The maximum Gasteiger partial charge on any atom is 0.251 e. The normalized spacial score (nSPS) is 21.4. The van der Waals surface area contributed by atoms with Gasteiger partial charge in [-0.3, -0.25) is 14.5 Å². The molecule has 29 heavy (non-hydrogen) atoms. The van der Waals surface area contributed by atoms with Crippen LogP contribution in [0.25, 0.3) is 0 Å². The van der Waals surface area contributed by atoms with Gasteiger partial charge in [-0.05, 0) is 36.6 Å². The molecule has 2 aromatic rings. The van der Waals surface area contributed by atoms with E-state index in [9.17, 15) is 9.59 Å². The first-order chi connectivity index (χ1) is 14.1. The number of morpholine rings is 1. The zero-order valence-corrected chi connectivity index (χ0v) is 16.7. The minimum Gasteiger partial charge on any atom is -0.379 e. The third-order valence-corrected chi connectivity index (χ3v) is 5.58. The van der Waals surface area contributed by atoms with Gasteiger partial charge in [0.2, 0.25) is 5.91 Å². The van der Waals surface area contributed by atoms with E-state index in [4.69, 9.17) is 4.74 Å². The molecule has 2 aromatic carbocycles. The first-order valence-corrected chi connectivity index (χ1v) is 10.2. The molecule has 1 aliphatic carbocycles. The molecule has 2 atom stereocenters. The summed E-state index contributed by atoms with van der Waals surface area (Å²) in [4.78, 5) is 27.2. The summed E-state index contributed by atoms with van der Waals surface area (Å²) in [6.45, 7) is 5.11. The van der Waals surface area contributed by atoms with Crippen molar-refractivity contribution in [3.8, 4) is 0 Å². The van der Waals surface area contributed by atoms with E-state index in [-0.39, 0.29) is 17.9 Å². The largest absolute Gasteiger partial charge is 0.379 e. The van der Waals surface area contributed by atoms with Gasteiger partial charge in [0.25, 0.3) is 5.91 Å². The molecule has 1 aliphatic heterocycles. The average Bonchev–Trinajstić information content (AvgIpc) is 3.50. The molecule has 0 spiro atoms. The van der Waals surface area contributed by atoms with Gasteiger partial charge in [-0.25, -0.2) is 0 Å². The number of nitrogens with zero attached hydrogens (tertiary/aromatic N) is 1. The van der Waals surface area contributed by atoms with Crippen molar-refractivity contribution in [1.82, 2.24) is 10.2 Å². The molecule has 2 fully saturated rings. The topological polar surface area (TPSA) is 70.7 Å². The van der Waals surface area contributed by atoms with Crippen LogP contribution in [0.1, 0.15) is 33.8 Å². The van der Waals surface area contributed by atoms with Crippen molar-refractivity contribution < 1.29 is 14.3 Å². The van der Waals surface area contributed by atoms with Gasteiger partial charge in [-0.1, -0.05) is 36.4 Å². The predicted octanol–water partition coefficient (Wildman–Crippen LogP) is 2.55. The van der Waals surface area contributed by atoms with E-state index in [0.29, 0.717) is 36.9 Å². The number of anilines is 1. The second-order valence-electron chi connectivity index (χ2n) is 7.80. The highest BCUT2D eigenvalue weighted by Gasteiger charge is 2.39. The highest BCUT2D eigenvalue weighted by atomic mass is 16.5. The average molecular weight is 393 g/mol. The molecule has 0 bridgehead atoms. The first kappa shape index (κ1) is 19.6. The standard InChI is InChI=1S/C23H27N3O3/c1-16-7-8-18(13-20(16)24-22(27)15-26-9-11-29-12-10-26)23(28)25-21-14-19(21)17-5-3-2-4-6-17/h2-8,13,19,21H,9-12,14-15H2,1H3,(H,24,27)(H,25,28)/t19-,21+/m0/s1. The summed E-state index contributed by atoms with van der Waals surface area (Å²) < 4.78 is 5.32. The Morgan fingerprint density at radius 3 is 2.62 bits per heavy atom. The molecule has 2 aliphatic rings. The lowest BCUT2D eigenvalue weighted by Crippen LogP contribution is -2.41. The minimum absolute atomic E-state index is 0.0705. The number of carbonyl (C=O) groups excluding carboxylic acids is 2. The molecular weight excluding hydrogens is 366 g/mol. The lowest BCUT2D eigenvalue weighted by Gasteiger charge is -2.26. The molecule has 152 valence electrons. The molecular formula is C23H27N3O3. The zero-order chi connectivity index (χ0) is 20.2. The number of ether oxygens (including phenoxy) is 1. The van der Waals surface area contributed by atoms with E-state index in [0.717, 1.165) is 25.1 Å². The molecule has 2 amide bonds. The summed E-state index contributed by atoms with van der Waals surface area (Å²) in [6, 6.07) is 15.9. The van der Waals surface area contributed by atoms with Crippen LogP contribution in [0.4, 0.5) is 5.69 Å². The Hall–Kier alpha value is -2.70. The molecule has 1 heterocycles. The summed E-state index contributed by atoms with van der Waals surface area (Å²) >= 11 is 0. The van der Waals surface area contributed by atoms with E-state index < -0.39 is 0 Å². The Labute approximate surface area is 171 Å². The van der Waals surface area contributed by atoms with Crippen molar-refractivity contribution >= 4 is 17.5 Å². The number of amides is 2. The van der Waals surface area contributed by atoms with Crippen LogP contribution in [0.2, 0.25) is 0 Å². The summed E-state index contributed by atoms with van der Waals surface area (Å²) in [7, 11) is 0. The molecule has 6 nitrogen and oxygen atoms in total. The number of carbonyl (C=O) groups is 2. The highest BCUT2D eigenvalue weighted by molar-refractivity contribution is 5.98. The second kappa shape index (κ2) is 8.76. The Balaban J connectivity index is 1.35. The van der Waals surface area contributed by atoms with Gasteiger partial charge in [0.15, 0.2) is 0 Å². The number of nitrogens with one attached hydrogen (secondary N) is 2. The van der Waals surface area contributed by atoms with Crippen molar-refractivity contribution in [2.75, 3.05) is 38.2 Å². The van der Waals surface area contributed by atoms with Crippen LogP contribution in [-0.2, 0) is 9.53 Å². The third kappa shape index (κ3) is 5.02. The van der Waals surface area contributed by atoms with E-state index >= 15 is 0 Å². The van der Waals surface area contributed by atoms with E-state index in [1.165, 1.54) is 5.56 Å². The van der Waals surface area contributed by atoms with Crippen LogP contribution in [0.3, 0.4) is 0 Å². The van der Waals surface area contributed by atoms with Crippen LogP contribution >= 0.6 is 0 Å². The van der Waals surface area contributed by atoms with Gasteiger partial charge in [0.1, 0.15) is 0 Å². The zero-order valence-electron chi connectivity index (χ0n) is 16.7. The quantitative estimate of drug-likeness (QED) is 0.791. The maximum absolute atomic E-state index is 12.7. The van der Waals surface area contributed by atoms with Gasteiger partial charge in [0.05, 0.1) is 19.8 Å². The number of rotatable bonds is 6. The lowest BCUT2D eigenvalue weighted by molar-refractivity contribution is -0.118. The fourth-order valence-electron chi connectivity index (χ4n) is 3.72. The van der Waals surface area contributed by atoms with Gasteiger partial charge >= 0.3 is 0 Å². The summed E-state index contributed by atoms with van der Waals surface area (Å²) in [6.07, 6.45) is 0.963. The van der Waals surface area contributed by atoms with Gasteiger partial charge in [-0.2, -0.15) is 0 Å². The first-order valence-electron chi connectivity index (χ1n) is 10.2. The van der Waals surface area contributed by atoms with E-state index in [1.54, 1.807) is 6.07 Å². The fourth-order valence-corrected chi connectivity index (χ4v) is 3.72. The molecule has 0 unspecified atom stereocenters. The van der Waals surface area contributed by atoms with E-state index in [2.05, 4.69) is 27.7 Å². The number of aryl methyl sites for hydroxylation is 1. The van der Waals surface area contributed by atoms with Crippen LogP contribution in [0, 0.1) is 6.92 Å². The van der Waals surface area contributed by atoms with Crippen LogP contribution in [0.15, 0.2) is 48.5 Å². The number of hydrogen-bond acceptors (Lipinski definition) is 4. The Kier molecular flexibility index (Phi) is 5.92. The lowest BCUT2D eigenvalue weighted by atomic mass is 10.1. The Morgan fingerprint density at radius 1 is 1.10 bits per heavy atom. The van der Waals surface area contributed by atoms with Crippen molar-refractivity contribution in [3.05, 3.63) is 65.2 Å². The Morgan fingerprint density at radius 2 is 1.86 bits per heavy atom. The summed E-state index contributed by atoms with van der Waals surface area (Å²) in [5, 5.41) is 6.07. The third-order valence-electron chi connectivity index (χ3n) is 5.58. The Bertz CT molecular complexity index is 878. The smallest absolute Gasteiger partial charge is 0.251 e. The van der Waals surface area contributed by atoms with Gasteiger partial charge in [-0.15, -0.1) is 0 Å². The molecule has 4 rings (SSSR count). The molecule has 6 heteroatoms. The van der Waals surface area contributed by atoms with Crippen molar-refractivity contribution in [2.45, 2.75) is 25.3 Å².